The second-order valence-electron chi connectivity index (χ2n) is 3.65. The van der Waals surface area contributed by atoms with E-state index in [9.17, 15) is 4.79 Å². The third kappa shape index (κ3) is 1.75. The van der Waals surface area contributed by atoms with Crippen LogP contribution < -0.4 is 5.32 Å². The summed E-state index contributed by atoms with van der Waals surface area (Å²) in [5, 5.41) is 3.23. The van der Waals surface area contributed by atoms with Gasteiger partial charge in [-0.15, -0.1) is 0 Å². The van der Waals surface area contributed by atoms with E-state index in [1.807, 2.05) is 4.90 Å². The monoisotopic (exact) mass is 200 g/mol. The SMILES string of the molecule is COCC(=O)N1CCO[C@@H]2CNC[C@@H]21. The van der Waals surface area contributed by atoms with Crippen LogP contribution in [0.25, 0.3) is 0 Å². The summed E-state index contributed by atoms with van der Waals surface area (Å²) in [6.07, 6.45) is 0.171. The average Bonchev–Trinajstić information content (AvgIpc) is 2.65. The molecule has 14 heavy (non-hydrogen) atoms. The van der Waals surface area contributed by atoms with Gasteiger partial charge in [0.15, 0.2) is 0 Å². The van der Waals surface area contributed by atoms with Crippen LogP contribution in [-0.2, 0) is 14.3 Å². The van der Waals surface area contributed by atoms with E-state index >= 15 is 0 Å². The Labute approximate surface area is 83.3 Å². The number of nitrogens with one attached hydrogen (secondary N) is 1. The highest BCUT2D eigenvalue weighted by Gasteiger charge is 2.38. The van der Waals surface area contributed by atoms with Crippen LogP contribution in [0.2, 0.25) is 0 Å². The Hall–Kier alpha value is -0.650. The van der Waals surface area contributed by atoms with Gasteiger partial charge in [-0.2, -0.15) is 0 Å². The zero-order valence-corrected chi connectivity index (χ0v) is 8.36. The van der Waals surface area contributed by atoms with Crippen LogP contribution in [0, 0.1) is 0 Å². The first kappa shape index (κ1) is 9.89. The van der Waals surface area contributed by atoms with Gasteiger partial charge in [-0.05, 0) is 0 Å². The number of fused-ring (bicyclic) bond motifs is 1. The number of carbonyl (C=O) groups excluding carboxylic acids is 1. The molecule has 2 aliphatic rings. The van der Waals surface area contributed by atoms with Crippen molar-refractivity contribution in [1.29, 1.82) is 0 Å². The van der Waals surface area contributed by atoms with Gasteiger partial charge in [0.25, 0.3) is 0 Å². The average molecular weight is 200 g/mol. The minimum Gasteiger partial charge on any atom is -0.375 e. The highest BCUT2D eigenvalue weighted by atomic mass is 16.5. The quantitative estimate of drug-likeness (QED) is 0.610. The standard InChI is InChI=1S/C9H16N2O3/c1-13-6-9(12)11-2-3-14-8-5-10-4-7(8)11/h7-8,10H,2-6H2,1H3/t7-,8+/m0/s1. The molecule has 2 rings (SSSR count). The van der Waals surface area contributed by atoms with E-state index in [2.05, 4.69) is 5.32 Å². The molecule has 5 heteroatoms. The van der Waals surface area contributed by atoms with Crippen LogP contribution in [0.4, 0.5) is 0 Å². The fraction of sp³-hybridized carbons (Fsp3) is 0.889. The van der Waals surface area contributed by atoms with Crippen molar-refractivity contribution >= 4 is 5.91 Å². The van der Waals surface area contributed by atoms with E-state index in [1.54, 1.807) is 7.11 Å². The van der Waals surface area contributed by atoms with Crippen molar-refractivity contribution in [1.82, 2.24) is 10.2 Å². The molecule has 0 unspecified atom stereocenters. The first-order chi connectivity index (χ1) is 6.83. The number of hydrogen-bond donors (Lipinski definition) is 1. The summed E-state index contributed by atoms with van der Waals surface area (Å²) in [6, 6.07) is 0.200. The lowest BCUT2D eigenvalue weighted by Gasteiger charge is -2.36. The molecular weight excluding hydrogens is 184 g/mol. The number of methoxy groups -OCH3 is 1. The Morgan fingerprint density at radius 2 is 2.50 bits per heavy atom. The summed E-state index contributed by atoms with van der Waals surface area (Å²) < 4.78 is 10.4. The van der Waals surface area contributed by atoms with Crippen LogP contribution in [-0.4, -0.2) is 62.9 Å². The second kappa shape index (κ2) is 4.25. The Balaban J connectivity index is 1.99. The van der Waals surface area contributed by atoms with Gasteiger partial charge in [0.1, 0.15) is 6.61 Å². The van der Waals surface area contributed by atoms with Crippen LogP contribution >= 0.6 is 0 Å². The molecule has 0 aliphatic carbocycles. The predicted octanol–water partition coefficient (Wildman–Crippen LogP) is -1.17. The number of morpholine rings is 1. The van der Waals surface area contributed by atoms with E-state index in [1.165, 1.54) is 0 Å². The van der Waals surface area contributed by atoms with Gasteiger partial charge in [0.2, 0.25) is 5.91 Å². The maximum absolute atomic E-state index is 11.7. The molecule has 0 aromatic carbocycles. The Kier molecular flexibility index (Phi) is 3.00. The van der Waals surface area contributed by atoms with Crippen LogP contribution in [0.5, 0.6) is 0 Å². The van der Waals surface area contributed by atoms with Crippen molar-refractivity contribution in [2.24, 2.45) is 0 Å². The predicted molar refractivity (Wildman–Crippen MR) is 50.0 cm³/mol. The normalized spacial score (nSPS) is 31.6. The Morgan fingerprint density at radius 3 is 3.29 bits per heavy atom. The summed E-state index contributed by atoms with van der Waals surface area (Å²) in [4.78, 5) is 13.5. The molecule has 0 saturated carbocycles. The third-order valence-electron chi connectivity index (χ3n) is 2.78. The first-order valence-electron chi connectivity index (χ1n) is 4.93. The number of ether oxygens (including phenoxy) is 2. The minimum atomic E-state index is 0.0644. The maximum atomic E-state index is 11.7. The van der Waals surface area contributed by atoms with Gasteiger partial charge in [-0.3, -0.25) is 4.79 Å². The number of hydrogen-bond acceptors (Lipinski definition) is 4. The van der Waals surface area contributed by atoms with Crippen molar-refractivity contribution in [3.63, 3.8) is 0 Å². The molecule has 0 bridgehead atoms. The molecule has 5 nitrogen and oxygen atoms in total. The highest BCUT2D eigenvalue weighted by molar-refractivity contribution is 5.78. The lowest BCUT2D eigenvalue weighted by atomic mass is 10.1. The van der Waals surface area contributed by atoms with E-state index in [0.29, 0.717) is 13.2 Å². The first-order valence-corrected chi connectivity index (χ1v) is 4.93. The minimum absolute atomic E-state index is 0.0644. The van der Waals surface area contributed by atoms with Crippen molar-refractivity contribution in [2.75, 3.05) is 40.0 Å². The van der Waals surface area contributed by atoms with Crippen LogP contribution in [0.15, 0.2) is 0 Å². The third-order valence-corrected chi connectivity index (χ3v) is 2.78. The molecule has 1 amide bonds. The molecule has 1 N–H and O–H groups in total. The summed E-state index contributed by atoms with van der Waals surface area (Å²) in [7, 11) is 1.54. The molecule has 2 heterocycles. The number of amides is 1. The van der Waals surface area contributed by atoms with Gasteiger partial charge >= 0.3 is 0 Å². The largest absolute Gasteiger partial charge is 0.375 e. The number of carbonyl (C=O) groups is 1. The van der Waals surface area contributed by atoms with Crippen molar-refractivity contribution in [3.05, 3.63) is 0 Å². The molecule has 0 aromatic rings. The fourth-order valence-electron chi connectivity index (χ4n) is 2.11. The van der Waals surface area contributed by atoms with Crippen molar-refractivity contribution in [3.8, 4) is 0 Å². The summed E-state index contributed by atoms with van der Waals surface area (Å²) in [5.41, 5.74) is 0. The highest BCUT2D eigenvalue weighted by Crippen LogP contribution is 2.17. The second-order valence-corrected chi connectivity index (χ2v) is 3.65. The zero-order chi connectivity index (χ0) is 9.97. The van der Waals surface area contributed by atoms with Crippen LogP contribution in [0.1, 0.15) is 0 Å². The molecular formula is C9H16N2O3. The van der Waals surface area contributed by atoms with E-state index < -0.39 is 0 Å². The van der Waals surface area contributed by atoms with Gasteiger partial charge in [0.05, 0.1) is 18.8 Å². The Bertz CT molecular complexity index is 222. The molecule has 0 aromatic heterocycles. The van der Waals surface area contributed by atoms with Gasteiger partial charge < -0.3 is 19.7 Å². The fourth-order valence-corrected chi connectivity index (χ4v) is 2.11. The number of rotatable bonds is 2. The maximum Gasteiger partial charge on any atom is 0.249 e. The molecule has 2 aliphatic heterocycles. The van der Waals surface area contributed by atoms with Crippen molar-refractivity contribution < 1.29 is 14.3 Å². The topological polar surface area (TPSA) is 50.8 Å². The van der Waals surface area contributed by atoms with Gasteiger partial charge in [-0.1, -0.05) is 0 Å². The van der Waals surface area contributed by atoms with Crippen molar-refractivity contribution in [2.45, 2.75) is 12.1 Å². The molecule has 2 saturated heterocycles. The molecule has 0 radical (unpaired) electrons. The molecule has 80 valence electrons. The lowest BCUT2D eigenvalue weighted by molar-refractivity contribution is -0.146. The lowest BCUT2D eigenvalue weighted by Crippen LogP contribution is -2.54. The van der Waals surface area contributed by atoms with Gasteiger partial charge in [-0.25, -0.2) is 0 Å². The number of nitrogens with zero attached hydrogens (tertiary/aromatic N) is 1. The summed E-state index contributed by atoms with van der Waals surface area (Å²) >= 11 is 0. The smallest absolute Gasteiger partial charge is 0.249 e. The van der Waals surface area contributed by atoms with Crippen LogP contribution in [0.3, 0.4) is 0 Å². The van der Waals surface area contributed by atoms with E-state index in [-0.39, 0.29) is 24.7 Å². The molecule has 0 spiro atoms. The molecule has 2 fully saturated rings. The van der Waals surface area contributed by atoms with E-state index in [4.69, 9.17) is 9.47 Å². The van der Waals surface area contributed by atoms with E-state index in [0.717, 1.165) is 13.1 Å². The Morgan fingerprint density at radius 1 is 1.64 bits per heavy atom. The summed E-state index contributed by atoms with van der Waals surface area (Å²) in [5.74, 6) is 0.0644. The molecule has 2 atom stereocenters. The zero-order valence-electron chi connectivity index (χ0n) is 8.36. The summed E-state index contributed by atoms with van der Waals surface area (Å²) in [6.45, 7) is 3.17. The van der Waals surface area contributed by atoms with Gasteiger partial charge in [0, 0.05) is 26.7 Å².